The van der Waals surface area contributed by atoms with Crippen LogP contribution in [0.2, 0.25) is 0 Å². The lowest BCUT2D eigenvalue weighted by molar-refractivity contribution is 0.229. The van der Waals surface area contributed by atoms with Crippen LogP contribution in [-0.2, 0) is 16.4 Å². The first-order chi connectivity index (χ1) is 13.3. The van der Waals surface area contributed by atoms with Crippen molar-refractivity contribution < 1.29 is 21.6 Å². The van der Waals surface area contributed by atoms with Crippen LogP contribution in [0.4, 0.5) is 13.2 Å². The summed E-state index contributed by atoms with van der Waals surface area (Å²) in [5, 5.41) is 3.22. The molecule has 150 valence electrons. The minimum Gasteiger partial charge on any atom is -0.311 e. The molecule has 0 bridgehead atoms. The van der Waals surface area contributed by atoms with Gasteiger partial charge < -0.3 is 5.32 Å². The summed E-state index contributed by atoms with van der Waals surface area (Å²) in [6, 6.07) is 13.1. The zero-order valence-electron chi connectivity index (χ0n) is 15.0. The maximum absolute atomic E-state index is 15.1. The van der Waals surface area contributed by atoms with Gasteiger partial charge in [-0.2, -0.15) is 8.78 Å². The molecule has 0 unspecified atom stereocenters. The molecule has 28 heavy (non-hydrogen) atoms. The van der Waals surface area contributed by atoms with Crippen LogP contribution in [0, 0.1) is 11.2 Å². The standard InChI is InChI=1S/C20H21F3N2O2S/c21-17-14(7-4-8-15(17)13-5-2-1-3-6-13)11-16-18(20(9-10-20)12-24-16)25-28(26,27)19(22)23/h1-8,16,18-19,24-25H,9-12H2/t16-,18+/m0/s1. The number of hydrogen-bond acceptors (Lipinski definition) is 3. The summed E-state index contributed by atoms with van der Waals surface area (Å²) in [5.41, 5.74) is 1.29. The lowest BCUT2D eigenvalue weighted by Crippen LogP contribution is -2.49. The molecule has 0 amide bonds. The Hall–Kier alpha value is -1.90. The summed E-state index contributed by atoms with van der Waals surface area (Å²) in [6.45, 7) is 0.536. The van der Waals surface area contributed by atoms with Crippen molar-refractivity contribution in [1.82, 2.24) is 10.0 Å². The molecule has 2 aromatic carbocycles. The van der Waals surface area contributed by atoms with Crippen molar-refractivity contribution in [3.05, 3.63) is 59.9 Å². The van der Waals surface area contributed by atoms with Gasteiger partial charge in [0.2, 0.25) is 0 Å². The normalized spacial score (nSPS) is 23.4. The van der Waals surface area contributed by atoms with Crippen molar-refractivity contribution in [3.63, 3.8) is 0 Å². The number of halogens is 3. The van der Waals surface area contributed by atoms with Gasteiger partial charge >= 0.3 is 5.76 Å². The van der Waals surface area contributed by atoms with Gasteiger partial charge in [0, 0.05) is 29.6 Å². The molecular formula is C20H21F3N2O2S. The highest BCUT2D eigenvalue weighted by molar-refractivity contribution is 7.89. The average molecular weight is 410 g/mol. The van der Waals surface area contributed by atoms with E-state index in [0.717, 1.165) is 18.4 Å². The van der Waals surface area contributed by atoms with Crippen LogP contribution < -0.4 is 10.0 Å². The van der Waals surface area contributed by atoms with E-state index in [2.05, 4.69) is 10.0 Å². The molecule has 1 saturated heterocycles. The lowest BCUT2D eigenvalue weighted by atomic mass is 9.91. The van der Waals surface area contributed by atoms with Gasteiger partial charge in [0.15, 0.2) is 0 Å². The first-order valence-electron chi connectivity index (χ1n) is 9.18. The molecule has 2 N–H and O–H groups in total. The second-order valence-corrected chi connectivity index (χ2v) is 9.28. The molecule has 1 saturated carbocycles. The lowest BCUT2D eigenvalue weighted by Gasteiger charge is -2.25. The third kappa shape index (κ3) is 3.56. The molecule has 4 rings (SSSR count). The van der Waals surface area contributed by atoms with E-state index in [1.54, 1.807) is 18.2 Å². The molecule has 2 aliphatic rings. The summed E-state index contributed by atoms with van der Waals surface area (Å²) < 4.78 is 66.5. The molecule has 4 nitrogen and oxygen atoms in total. The Kier molecular flexibility index (Phi) is 4.97. The Morgan fingerprint density at radius 2 is 1.82 bits per heavy atom. The van der Waals surface area contributed by atoms with E-state index in [1.807, 2.05) is 30.3 Å². The fraction of sp³-hybridized carbons (Fsp3) is 0.400. The second-order valence-electron chi connectivity index (χ2n) is 7.60. The van der Waals surface area contributed by atoms with Crippen LogP contribution >= 0.6 is 0 Å². The summed E-state index contributed by atoms with van der Waals surface area (Å²) in [6.07, 6.45) is 1.74. The van der Waals surface area contributed by atoms with Gasteiger partial charge in [-0.1, -0.05) is 48.5 Å². The van der Waals surface area contributed by atoms with Gasteiger partial charge in [-0.3, -0.25) is 0 Å². The van der Waals surface area contributed by atoms with Crippen molar-refractivity contribution in [2.75, 3.05) is 6.54 Å². The predicted octanol–water partition coefficient (Wildman–Crippen LogP) is 3.30. The van der Waals surface area contributed by atoms with Gasteiger partial charge in [0.05, 0.1) is 0 Å². The highest BCUT2D eigenvalue weighted by Crippen LogP contribution is 2.52. The van der Waals surface area contributed by atoms with E-state index in [1.165, 1.54) is 0 Å². The summed E-state index contributed by atoms with van der Waals surface area (Å²) >= 11 is 0. The van der Waals surface area contributed by atoms with E-state index in [4.69, 9.17) is 0 Å². The highest BCUT2D eigenvalue weighted by atomic mass is 32.2. The minimum absolute atomic E-state index is 0.213. The SMILES string of the molecule is O=S(=O)(N[C@@H]1[C@H](Cc2cccc(-c3ccccc3)c2F)NCC12CC2)C(F)F. The molecule has 1 aliphatic heterocycles. The zero-order chi connectivity index (χ0) is 19.9. The molecule has 8 heteroatoms. The maximum atomic E-state index is 15.1. The fourth-order valence-corrected chi connectivity index (χ4v) is 4.95. The summed E-state index contributed by atoms with van der Waals surface area (Å²) in [5.74, 6) is -3.86. The van der Waals surface area contributed by atoms with Crippen molar-refractivity contribution in [2.45, 2.75) is 37.1 Å². The van der Waals surface area contributed by atoms with Crippen LogP contribution in [0.3, 0.4) is 0 Å². The summed E-state index contributed by atoms with van der Waals surface area (Å²) in [7, 11) is -4.72. The van der Waals surface area contributed by atoms with Crippen LogP contribution in [0.25, 0.3) is 11.1 Å². The monoisotopic (exact) mass is 410 g/mol. The maximum Gasteiger partial charge on any atom is 0.350 e. The molecule has 2 fully saturated rings. The van der Waals surface area contributed by atoms with Crippen molar-refractivity contribution in [2.24, 2.45) is 5.41 Å². The van der Waals surface area contributed by atoms with Gasteiger partial charge in [-0.15, -0.1) is 0 Å². The topological polar surface area (TPSA) is 58.2 Å². The van der Waals surface area contributed by atoms with Crippen LogP contribution in [0.1, 0.15) is 18.4 Å². The van der Waals surface area contributed by atoms with Crippen molar-refractivity contribution >= 4 is 10.0 Å². The third-order valence-electron chi connectivity index (χ3n) is 5.80. The molecule has 2 aromatic rings. The number of benzene rings is 2. The number of sulfonamides is 1. The number of alkyl halides is 2. The molecule has 1 aliphatic carbocycles. The summed E-state index contributed by atoms with van der Waals surface area (Å²) in [4.78, 5) is 0. The Balaban J connectivity index is 1.60. The van der Waals surface area contributed by atoms with Crippen LogP contribution in [0.5, 0.6) is 0 Å². The smallest absolute Gasteiger partial charge is 0.311 e. The fourth-order valence-electron chi connectivity index (χ4n) is 4.08. The Morgan fingerprint density at radius 3 is 2.46 bits per heavy atom. The molecular weight excluding hydrogens is 389 g/mol. The van der Waals surface area contributed by atoms with Crippen molar-refractivity contribution in [3.8, 4) is 11.1 Å². The molecule has 1 heterocycles. The molecule has 1 spiro atoms. The Labute approximate surface area is 162 Å². The van der Waals surface area contributed by atoms with Gasteiger partial charge in [0.1, 0.15) is 5.82 Å². The quantitative estimate of drug-likeness (QED) is 0.768. The number of nitrogens with one attached hydrogen (secondary N) is 2. The zero-order valence-corrected chi connectivity index (χ0v) is 15.9. The average Bonchev–Trinajstić information content (AvgIpc) is 3.39. The first-order valence-corrected chi connectivity index (χ1v) is 10.7. The third-order valence-corrected chi connectivity index (χ3v) is 6.85. The van der Waals surface area contributed by atoms with E-state index in [0.29, 0.717) is 17.7 Å². The van der Waals surface area contributed by atoms with E-state index < -0.39 is 27.9 Å². The molecule has 0 radical (unpaired) electrons. The predicted molar refractivity (Wildman–Crippen MR) is 101 cm³/mol. The number of rotatable bonds is 6. The van der Waals surface area contributed by atoms with Crippen molar-refractivity contribution in [1.29, 1.82) is 0 Å². The van der Waals surface area contributed by atoms with E-state index >= 15 is 4.39 Å². The highest BCUT2D eigenvalue weighted by Gasteiger charge is 2.57. The van der Waals surface area contributed by atoms with Crippen LogP contribution in [-0.4, -0.2) is 32.8 Å². The Bertz CT molecular complexity index is 963. The Morgan fingerprint density at radius 1 is 1.11 bits per heavy atom. The minimum atomic E-state index is -4.72. The number of hydrogen-bond donors (Lipinski definition) is 2. The molecule has 0 aromatic heterocycles. The van der Waals surface area contributed by atoms with E-state index in [9.17, 15) is 17.2 Å². The van der Waals surface area contributed by atoms with Crippen LogP contribution in [0.15, 0.2) is 48.5 Å². The molecule has 2 atom stereocenters. The van der Waals surface area contributed by atoms with Gasteiger partial charge in [0.25, 0.3) is 10.0 Å². The largest absolute Gasteiger partial charge is 0.350 e. The van der Waals surface area contributed by atoms with E-state index in [-0.39, 0.29) is 17.7 Å². The van der Waals surface area contributed by atoms with Gasteiger partial charge in [-0.05, 0) is 30.4 Å². The first kappa shape index (κ1) is 19.4. The van der Waals surface area contributed by atoms with Gasteiger partial charge in [-0.25, -0.2) is 17.5 Å². The second kappa shape index (κ2) is 7.17.